The Morgan fingerprint density at radius 3 is 2.72 bits per heavy atom. The van der Waals surface area contributed by atoms with Gasteiger partial charge in [0.15, 0.2) is 5.96 Å². The SMILES string of the molecule is CCNC(=NCc1cccc(CN2CCCC2=O)c1)NC(C)c1cccc(Cl)c1. The van der Waals surface area contributed by atoms with Crippen molar-refractivity contribution < 1.29 is 4.79 Å². The molecule has 1 atom stereocenters. The van der Waals surface area contributed by atoms with Crippen LogP contribution in [0, 0.1) is 0 Å². The molecule has 2 aromatic carbocycles. The summed E-state index contributed by atoms with van der Waals surface area (Å²) in [5, 5.41) is 7.47. The number of aliphatic imine (C=N–C) groups is 1. The predicted molar refractivity (Wildman–Crippen MR) is 119 cm³/mol. The molecule has 0 spiro atoms. The molecule has 154 valence electrons. The third-order valence-electron chi connectivity index (χ3n) is 5.00. The van der Waals surface area contributed by atoms with Gasteiger partial charge < -0.3 is 15.5 Å². The highest BCUT2D eigenvalue weighted by Gasteiger charge is 2.19. The van der Waals surface area contributed by atoms with Crippen molar-refractivity contribution in [3.63, 3.8) is 0 Å². The summed E-state index contributed by atoms with van der Waals surface area (Å²) in [5.74, 6) is 1.02. The van der Waals surface area contributed by atoms with Crippen LogP contribution in [0.1, 0.15) is 49.4 Å². The van der Waals surface area contributed by atoms with Gasteiger partial charge in [-0.05, 0) is 49.1 Å². The number of nitrogens with one attached hydrogen (secondary N) is 2. The van der Waals surface area contributed by atoms with E-state index in [0.717, 1.165) is 47.2 Å². The second-order valence-electron chi connectivity index (χ2n) is 7.35. The number of guanidine groups is 1. The van der Waals surface area contributed by atoms with Crippen LogP contribution >= 0.6 is 11.6 Å². The third kappa shape index (κ3) is 6.23. The Morgan fingerprint density at radius 1 is 1.21 bits per heavy atom. The molecule has 1 heterocycles. The van der Waals surface area contributed by atoms with Crippen LogP contribution in [0.2, 0.25) is 5.02 Å². The first kappa shape index (κ1) is 21.2. The van der Waals surface area contributed by atoms with E-state index in [-0.39, 0.29) is 11.9 Å². The molecule has 0 aliphatic carbocycles. The molecule has 2 aromatic rings. The number of amides is 1. The van der Waals surface area contributed by atoms with Crippen molar-refractivity contribution in [1.29, 1.82) is 0 Å². The lowest BCUT2D eigenvalue weighted by atomic mass is 10.1. The van der Waals surface area contributed by atoms with E-state index in [2.05, 4.69) is 48.7 Å². The highest BCUT2D eigenvalue weighted by atomic mass is 35.5. The number of hydrogen-bond donors (Lipinski definition) is 2. The van der Waals surface area contributed by atoms with Crippen molar-refractivity contribution in [2.24, 2.45) is 4.99 Å². The van der Waals surface area contributed by atoms with Crippen molar-refractivity contribution in [3.8, 4) is 0 Å². The molecular formula is C23H29ClN4O. The number of nitrogens with zero attached hydrogens (tertiary/aromatic N) is 2. The zero-order valence-corrected chi connectivity index (χ0v) is 17.9. The van der Waals surface area contributed by atoms with Crippen molar-refractivity contribution in [1.82, 2.24) is 15.5 Å². The average Bonchev–Trinajstić information content (AvgIpc) is 3.11. The van der Waals surface area contributed by atoms with Crippen LogP contribution in [0.15, 0.2) is 53.5 Å². The molecule has 0 aromatic heterocycles. The number of hydrogen-bond acceptors (Lipinski definition) is 2. The topological polar surface area (TPSA) is 56.7 Å². The summed E-state index contributed by atoms with van der Waals surface area (Å²) in [6.45, 7) is 7.03. The van der Waals surface area contributed by atoms with Crippen LogP contribution in [-0.2, 0) is 17.9 Å². The zero-order valence-electron chi connectivity index (χ0n) is 17.1. The van der Waals surface area contributed by atoms with Gasteiger partial charge in [0.1, 0.15) is 0 Å². The molecule has 0 radical (unpaired) electrons. The minimum atomic E-state index is 0.0824. The van der Waals surface area contributed by atoms with Crippen molar-refractivity contribution in [2.45, 2.75) is 45.8 Å². The molecule has 1 aliphatic heterocycles. The van der Waals surface area contributed by atoms with Crippen LogP contribution in [0.4, 0.5) is 0 Å². The molecule has 29 heavy (non-hydrogen) atoms. The fourth-order valence-electron chi connectivity index (χ4n) is 3.47. The summed E-state index contributed by atoms with van der Waals surface area (Å²) in [7, 11) is 0. The second-order valence-corrected chi connectivity index (χ2v) is 7.79. The number of likely N-dealkylation sites (tertiary alicyclic amines) is 1. The van der Waals surface area contributed by atoms with Crippen molar-refractivity contribution >= 4 is 23.5 Å². The Labute approximate surface area is 178 Å². The van der Waals surface area contributed by atoms with E-state index in [9.17, 15) is 4.79 Å². The fraction of sp³-hybridized carbons (Fsp3) is 0.391. The highest BCUT2D eigenvalue weighted by molar-refractivity contribution is 6.30. The lowest BCUT2D eigenvalue weighted by molar-refractivity contribution is -0.128. The van der Waals surface area contributed by atoms with E-state index in [4.69, 9.17) is 16.6 Å². The largest absolute Gasteiger partial charge is 0.357 e. The van der Waals surface area contributed by atoms with Crippen LogP contribution < -0.4 is 10.6 Å². The molecule has 3 rings (SSSR count). The summed E-state index contributed by atoms with van der Waals surface area (Å²) in [5.41, 5.74) is 3.39. The van der Waals surface area contributed by atoms with Gasteiger partial charge >= 0.3 is 0 Å². The standard InChI is InChI=1S/C23H29ClN4O/c1-3-25-23(27-17(2)20-9-5-10-21(24)14-20)26-15-18-7-4-8-19(13-18)16-28-12-6-11-22(28)29/h4-5,7-10,13-14,17H,3,6,11-12,15-16H2,1-2H3,(H2,25,26,27). The van der Waals surface area contributed by atoms with Gasteiger partial charge in [0.2, 0.25) is 5.91 Å². The fourth-order valence-corrected chi connectivity index (χ4v) is 3.67. The number of halogens is 1. The Hall–Kier alpha value is -2.53. The van der Waals surface area contributed by atoms with E-state index < -0.39 is 0 Å². The Morgan fingerprint density at radius 2 is 2.00 bits per heavy atom. The molecule has 5 nitrogen and oxygen atoms in total. The first-order chi connectivity index (χ1) is 14.0. The maximum atomic E-state index is 11.9. The number of rotatable bonds is 7. The van der Waals surface area contributed by atoms with Gasteiger partial charge in [-0.2, -0.15) is 0 Å². The summed E-state index contributed by atoms with van der Waals surface area (Å²) in [6.07, 6.45) is 1.64. The summed E-state index contributed by atoms with van der Waals surface area (Å²) >= 11 is 6.11. The molecule has 1 saturated heterocycles. The average molecular weight is 413 g/mol. The molecule has 0 saturated carbocycles. The van der Waals surface area contributed by atoms with Gasteiger partial charge in [0.05, 0.1) is 12.6 Å². The first-order valence-corrected chi connectivity index (χ1v) is 10.6. The number of carbonyl (C=O) groups is 1. The van der Waals surface area contributed by atoms with Gasteiger partial charge in [-0.25, -0.2) is 4.99 Å². The van der Waals surface area contributed by atoms with E-state index in [1.54, 1.807) is 0 Å². The van der Waals surface area contributed by atoms with Crippen LogP contribution in [0.25, 0.3) is 0 Å². The third-order valence-corrected chi connectivity index (χ3v) is 5.24. The lowest BCUT2D eigenvalue weighted by Crippen LogP contribution is -2.38. The van der Waals surface area contributed by atoms with Gasteiger partial charge in [0.25, 0.3) is 0 Å². The highest BCUT2D eigenvalue weighted by Crippen LogP contribution is 2.18. The maximum absolute atomic E-state index is 11.9. The first-order valence-electron chi connectivity index (χ1n) is 10.2. The predicted octanol–water partition coefficient (Wildman–Crippen LogP) is 4.28. The van der Waals surface area contributed by atoms with Gasteiger partial charge in [-0.3, -0.25) is 4.79 Å². The second kappa shape index (κ2) is 10.3. The zero-order chi connectivity index (χ0) is 20.6. The maximum Gasteiger partial charge on any atom is 0.222 e. The van der Waals surface area contributed by atoms with Crippen molar-refractivity contribution in [2.75, 3.05) is 13.1 Å². The monoisotopic (exact) mass is 412 g/mol. The van der Waals surface area contributed by atoms with Gasteiger partial charge in [-0.15, -0.1) is 0 Å². The van der Waals surface area contributed by atoms with E-state index in [1.165, 1.54) is 0 Å². The summed E-state index contributed by atoms with van der Waals surface area (Å²) < 4.78 is 0. The van der Waals surface area contributed by atoms with Crippen LogP contribution in [0.3, 0.4) is 0 Å². The quantitative estimate of drug-likeness (QED) is 0.527. The molecule has 1 unspecified atom stereocenters. The van der Waals surface area contributed by atoms with E-state index in [0.29, 0.717) is 19.5 Å². The minimum absolute atomic E-state index is 0.0824. The van der Waals surface area contributed by atoms with Crippen LogP contribution in [0.5, 0.6) is 0 Å². The lowest BCUT2D eigenvalue weighted by Gasteiger charge is -2.18. The molecular weight excluding hydrogens is 384 g/mol. The van der Waals surface area contributed by atoms with Gasteiger partial charge in [0, 0.05) is 31.1 Å². The summed E-state index contributed by atoms with van der Waals surface area (Å²) in [4.78, 5) is 18.5. The minimum Gasteiger partial charge on any atom is -0.357 e. The van der Waals surface area contributed by atoms with E-state index >= 15 is 0 Å². The number of benzene rings is 2. The Kier molecular flexibility index (Phi) is 7.53. The van der Waals surface area contributed by atoms with Gasteiger partial charge in [-0.1, -0.05) is 48.0 Å². The van der Waals surface area contributed by atoms with E-state index in [1.807, 2.05) is 29.2 Å². The smallest absolute Gasteiger partial charge is 0.222 e. The molecule has 6 heteroatoms. The number of carbonyl (C=O) groups excluding carboxylic acids is 1. The molecule has 0 bridgehead atoms. The molecule has 1 fully saturated rings. The molecule has 2 N–H and O–H groups in total. The normalized spacial score (nSPS) is 15.5. The molecule has 1 amide bonds. The Bertz CT molecular complexity index is 867. The Balaban J connectivity index is 1.65. The van der Waals surface area contributed by atoms with Crippen LogP contribution in [-0.4, -0.2) is 29.9 Å². The van der Waals surface area contributed by atoms with Crippen molar-refractivity contribution in [3.05, 3.63) is 70.2 Å². The summed E-state index contributed by atoms with van der Waals surface area (Å²) in [6, 6.07) is 16.2. The molecule has 1 aliphatic rings.